The van der Waals surface area contributed by atoms with Crippen LogP contribution in [0.3, 0.4) is 0 Å². The molecule has 0 saturated heterocycles. The normalized spacial score (nSPS) is 12.0. The lowest BCUT2D eigenvalue weighted by Crippen LogP contribution is -2.42. The van der Waals surface area contributed by atoms with Gasteiger partial charge in [-0.05, 0) is 131 Å². The van der Waals surface area contributed by atoms with Gasteiger partial charge < -0.3 is 30.1 Å². The molecule has 77 heavy (non-hydrogen) atoms. The van der Waals surface area contributed by atoms with E-state index in [0.717, 1.165) is 57.6 Å². The quantitative estimate of drug-likeness (QED) is 0.0808. The van der Waals surface area contributed by atoms with Crippen molar-refractivity contribution in [3.8, 4) is 57.0 Å². The molecule has 15 heteroatoms. The number of hydrogen-bond donors (Lipinski definition) is 4. The lowest BCUT2D eigenvalue weighted by atomic mass is 9.92. The molecule has 8 aromatic rings. The van der Waals surface area contributed by atoms with Crippen molar-refractivity contribution in [2.45, 2.75) is 105 Å². The molecular weight excluding hydrogens is 972 g/mol. The van der Waals surface area contributed by atoms with E-state index in [0.29, 0.717) is 61.5 Å². The van der Waals surface area contributed by atoms with Crippen molar-refractivity contribution in [2.75, 3.05) is 14.1 Å². The number of nitrogens with one attached hydrogen (secondary N) is 4. The monoisotopic (exact) mass is 1040 g/mol. The van der Waals surface area contributed by atoms with Crippen LogP contribution in [-0.2, 0) is 0 Å². The number of fused-ring (bicyclic) bond motifs is 2. The third kappa shape index (κ3) is 12.4. The molecule has 4 N–H and O–H groups in total. The number of hydrogen-bond acceptors (Lipinski definition) is 10. The molecule has 2 atom stereocenters. The summed E-state index contributed by atoms with van der Waals surface area (Å²) in [4.78, 5) is 61.7. The van der Waals surface area contributed by atoms with Crippen LogP contribution in [0.25, 0.3) is 67.1 Å². The van der Waals surface area contributed by atoms with Gasteiger partial charge in [-0.1, -0.05) is 89.2 Å². The maximum absolute atomic E-state index is 13.6. The number of carbonyl (C=O) groups excluding carboxylic acids is 4. The molecule has 4 heterocycles. The summed E-state index contributed by atoms with van der Waals surface area (Å²) in [6, 6.07) is 35.8. The van der Waals surface area contributed by atoms with Crippen LogP contribution in [0.15, 0.2) is 118 Å². The van der Waals surface area contributed by atoms with Gasteiger partial charge in [0, 0.05) is 47.5 Å². The number of nitrogens with zero attached hydrogens (tertiary/aromatic N) is 4. The first-order chi connectivity index (χ1) is 36.2. The minimum Gasteiger partial charge on any atom is -0.437 e. The Labute approximate surface area is 449 Å². The molecule has 396 valence electrons. The average molecular weight is 1040 g/mol. The first-order valence-corrected chi connectivity index (χ1v) is 25.1. The maximum Gasteiger partial charge on any atom is 0.255 e. The van der Waals surface area contributed by atoms with Gasteiger partial charge in [-0.15, -0.1) is 0 Å². The van der Waals surface area contributed by atoms with Gasteiger partial charge in [-0.25, -0.2) is 14.4 Å². The van der Waals surface area contributed by atoms with Gasteiger partial charge >= 0.3 is 0 Å². The fourth-order valence-corrected chi connectivity index (χ4v) is 8.51. The molecule has 0 aliphatic rings. The Hall–Kier alpha value is -8.95. The predicted molar refractivity (Wildman–Crippen MR) is 300 cm³/mol. The van der Waals surface area contributed by atoms with Crippen LogP contribution in [0.4, 0.5) is 4.39 Å². The molecule has 0 spiro atoms. The van der Waals surface area contributed by atoms with E-state index in [2.05, 4.69) is 54.2 Å². The number of benzene rings is 4. The van der Waals surface area contributed by atoms with E-state index < -0.39 is 16.9 Å². The number of carbonyl (C=O) groups is 4. The topological polar surface area (TPSA) is 216 Å². The minimum atomic E-state index is -1.02. The first kappa shape index (κ1) is 57.3. The van der Waals surface area contributed by atoms with Crippen molar-refractivity contribution < 1.29 is 32.4 Å². The van der Waals surface area contributed by atoms with E-state index in [1.807, 2.05) is 62.4 Å². The van der Waals surface area contributed by atoms with E-state index in [1.165, 1.54) is 19.2 Å². The van der Waals surface area contributed by atoms with Crippen LogP contribution < -0.4 is 21.3 Å². The summed E-state index contributed by atoms with van der Waals surface area (Å²) in [6.45, 7) is 16.8. The zero-order chi connectivity index (χ0) is 55.2. The number of aromatic nitrogens is 2. The zero-order valence-corrected chi connectivity index (χ0v) is 44.6. The van der Waals surface area contributed by atoms with Gasteiger partial charge in [0.1, 0.15) is 28.4 Å². The number of furan rings is 2. The lowest BCUT2D eigenvalue weighted by molar-refractivity contribution is 0.0920. The molecule has 0 saturated carbocycles. The highest BCUT2D eigenvalue weighted by molar-refractivity contribution is 6.12. The molecule has 0 radical (unpaired) electrons. The van der Waals surface area contributed by atoms with Gasteiger partial charge in [0.05, 0.1) is 45.4 Å². The number of aryl methyl sites for hydroxylation is 1. The standard InChI is InChI=1S/C31H32N4O3.C30H29FN4O3.CH4/c1-7-19(3)26-23(21-9-8-10-22(15-21)28(36)35-31(4,5)17-32)16-24-25(29(37)33-6)27(38-30(24)34-26)20-13-11-18(2)12-14-20;1-6-17(2)25-22(19-8-7-9-20(14-19)27(36)35-30(3,4)16-32)15-23-24(28(37)33-5)26(38-29(23)34-25)18-10-12-21(31)13-11-18;/h8-16,19H,7H2,1-6H3,(H,33,37)(H,35,36);7-15,17H,6H2,1-5H3,(H,33,37)(H,35,36);1H4/t19-;17-;/m10./s1. The van der Waals surface area contributed by atoms with Crippen molar-refractivity contribution in [1.29, 1.82) is 10.5 Å². The second kappa shape index (κ2) is 23.7. The van der Waals surface area contributed by atoms with Crippen molar-refractivity contribution in [3.63, 3.8) is 0 Å². The van der Waals surface area contributed by atoms with Gasteiger partial charge in [-0.3, -0.25) is 19.2 Å². The summed E-state index contributed by atoms with van der Waals surface area (Å²) in [5.41, 5.74) is 7.35. The molecule has 4 amide bonds. The highest BCUT2D eigenvalue weighted by Crippen LogP contribution is 2.41. The Morgan fingerprint density at radius 2 is 0.961 bits per heavy atom. The van der Waals surface area contributed by atoms with E-state index in [4.69, 9.17) is 18.8 Å². The highest BCUT2D eigenvalue weighted by atomic mass is 19.1. The van der Waals surface area contributed by atoms with E-state index in [1.54, 1.807) is 83.3 Å². The number of halogens is 1. The largest absolute Gasteiger partial charge is 0.437 e. The number of rotatable bonds is 14. The van der Waals surface area contributed by atoms with Crippen LogP contribution in [0.5, 0.6) is 0 Å². The van der Waals surface area contributed by atoms with Crippen molar-refractivity contribution in [2.24, 2.45) is 0 Å². The van der Waals surface area contributed by atoms with E-state index >= 15 is 0 Å². The van der Waals surface area contributed by atoms with Crippen LogP contribution in [-0.4, -0.2) is 58.8 Å². The third-order valence-corrected chi connectivity index (χ3v) is 13.2. The number of nitriles is 2. The van der Waals surface area contributed by atoms with E-state index in [-0.39, 0.29) is 42.9 Å². The molecular formula is C62H65FN8O6. The van der Waals surface area contributed by atoms with E-state index in [9.17, 15) is 34.1 Å². The number of amides is 4. The molecule has 0 fully saturated rings. The molecule has 0 aliphatic carbocycles. The Morgan fingerprint density at radius 3 is 1.31 bits per heavy atom. The SMILES string of the molecule is C.CC[C@@H](C)c1nc2oc(-c3ccc(C)cc3)c(C(=O)NC)c2cc1-c1cccc(C(=O)NC(C)(C)C#N)c1.CC[C@H](C)c1nc2oc(-c3ccc(F)cc3)c(C(=O)NC)c2cc1-c1cccc(C(=O)NC(C)(C)C#N)c1. The van der Waals surface area contributed by atoms with Crippen molar-refractivity contribution in [1.82, 2.24) is 31.2 Å². The molecule has 14 nitrogen and oxygen atoms in total. The van der Waals surface area contributed by atoms with Gasteiger partial charge in [-0.2, -0.15) is 10.5 Å². The molecule has 0 bridgehead atoms. The van der Waals surface area contributed by atoms with Crippen LogP contribution >= 0.6 is 0 Å². The summed E-state index contributed by atoms with van der Waals surface area (Å²) in [7, 11) is 3.12. The van der Waals surface area contributed by atoms with Crippen LogP contribution in [0.1, 0.15) is 146 Å². The fourth-order valence-electron chi connectivity index (χ4n) is 8.51. The van der Waals surface area contributed by atoms with Crippen molar-refractivity contribution >= 4 is 45.8 Å². The van der Waals surface area contributed by atoms with Gasteiger partial charge in [0.15, 0.2) is 0 Å². The summed E-state index contributed by atoms with van der Waals surface area (Å²) in [5, 5.41) is 30.6. The second-order valence-corrected chi connectivity index (χ2v) is 19.9. The van der Waals surface area contributed by atoms with Crippen molar-refractivity contribution in [3.05, 3.63) is 154 Å². The lowest BCUT2D eigenvalue weighted by Gasteiger charge is -2.18. The minimum absolute atomic E-state index is 0. The van der Waals surface area contributed by atoms with Gasteiger partial charge in [0.25, 0.3) is 23.6 Å². The molecule has 4 aromatic carbocycles. The Morgan fingerprint density at radius 1 is 0.584 bits per heavy atom. The second-order valence-electron chi connectivity index (χ2n) is 19.9. The summed E-state index contributed by atoms with van der Waals surface area (Å²) < 4.78 is 25.9. The number of pyridine rings is 2. The average Bonchev–Trinajstić information content (AvgIpc) is 4.11. The molecule has 4 aromatic heterocycles. The Kier molecular flexibility index (Phi) is 17.7. The summed E-state index contributed by atoms with van der Waals surface area (Å²) >= 11 is 0. The van der Waals surface area contributed by atoms with Crippen LogP contribution in [0, 0.1) is 35.4 Å². The van der Waals surface area contributed by atoms with Gasteiger partial charge in [0.2, 0.25) is 11.4 Å². The summed E-state index contributed by atoms with van der Waals surface area (Å²) in [6.07, 6.45) is 1.64. The predicted octanol–water partition coefficient (Wildman–Crippen LogP) is 13.2. The molecule has 0 unspecified atom stereocenters. The smallest absolute Gasteiger partial charge is 0.255 e. The zero-order valence-electron chi connectivity index (χ0n) is 44.6. The third-order valence-electron chi connectivity index (χ3n) is 13.2. The van der Waals surface area contributed by atoms with Crippen LogP contribution in [0.2, 0.25) is 0 Å². The Bertz CT molecular complexity index is 3360. The maximum atomic E-state index is 13.6. The fraction of sp³-hybridized carbons (Fsp3) is 0.290. The summed E-state index contributed by atoms with van der Waals surface area (Å²) in [5.74, 6) is -0.828. The molecule has 8 rings (SSSR count). The highest BCUT2D eigenvalue weighted by Gasteiger charge is 2.29. The molecule has 0 aliphatic heterocycles. The first-order valence-electron chi connectivity index (χ1n) is 25.1. The Balaban J connectivity index is 0.000000246.